The molecule has 1 nitrogen and oxygen atoms in total. The van der Waals surface area contributed by atoms with Crippen LogP contribution in [0.5, 0.6) is 0 Å². The maximum atomic E-state index is 12.4. The number of halogens is 3. The van der Waals surface area contributed by atoms with Crippen molar-refractivity contribution in [3.8, 4) is 0 Å². The van der Waals surface area contributed by atoms with Crippen LogP contribution in [-0.2, 0) is 0 Å². The highest BCUT2D eigenvalue weighted by molar-refractivity contribution is 4.76. The van der Waals surface area contributed by atoms with Crippen LogP contribution >= 0.6 is 0 Å². The van der Waals surface area contributed by atoms with Gasteiger partial charge in [-0.15, -0.1) is 0 Å². The highest BCUT2D eigenvalue weighted by Gasteiger charge is 2.36. The van der Waals surface area contributed by atoms with E-state index in [1.165, 1.54) is 0 Å². The molecule has 0 aliphatic heterocycles. The van der Waals surface area contributed by atoms with E-state index in [1.54, 1.807) is 0 Å². The second kappa shape index (κ2) is 3.49. The summed E-state index contributed by atoms with van der Waals surface area (Å²) in [6.07, 6.45) is 1.57. The molecule has 0 heterocycles. The zero-order valence-electron chi connectivity index (χ0n) is 5.75. The van der Waals surface area contributed by atoms with Crippen molar-refractivity contribution in [1.29, 1.82) is 0 Å². The Bertz CT molecular complexity index is 108. The zero-order chi connectivity index (χ0) is 6.91. The van der Waals surface area contributed by atoms with E-state index in [-0.39, 0.29) is 31.3 Å². The lowest BCUT2D eigenvalue weighted by molar-refractivity contribution is -0.434. The molecule has 0 aromatic carbocycles. The Labute approximate surface area is 65.4 Å². The molecule has 1 unspecified atom stereocenters. The van der Waals surface area contributed by atoms with Gasteiger partial charge in [0, 0.05) is 6.42 Å². The molecule has 1 fully saturated rings. The first-order chi connectivity index (χ1) is 4.10. The molecule has 0 radical (unpaired) electrons. The fraction of sp³-hybridized carbons (Fsp3) is 1.00. The average Bonchev–Trinajstić information content (AvgIpc) is 1.60. The van der Waals surface area contributed by atoms with Crippen molar-refractivity contribution >= 4 is 0 Å². The van der Waals surface area contributed by atoms with E-state index < -0.39 is 5.92 Å². The van der Waals surface area contributed by atoms with Gasteiger partial charge in [-0.2, -0.15) is 0 Å². The predicted molar refractivity (Wildman–Crippen MR) is 30.1 cm³/mol. The Kier molecular flexibility index (Phi) is 3.52. The van der Waals surface area contributed by atoms with Gasteiger partial charge in [0.1, 0.15) is 0 Å². The van der Waals surface area contributed by atoms with Gasteiger partial charge < -0.3 is 18.1 Å². The topological polar surface area (TPSA) is 27.6 Å². The minimum atomic E-state index is -2.41. The molecular formula is C6H12ClF2N. The van der Waals surface area contributed by atoms with Gasteiger partial charge in [-0.3, -0.25) is 0 Å². The summed E-state index contributed by atoms with van der Waals surface area (Å²) < 4.78 is 24.8. The Morgan fingerprint density at radius 1 is 1.40 bits per heavy atom. The van der Waals surface area contributed by atoms with E-state index in [1.807, 2.05) is 0 Å². The Hall–Kier alpha value is 0.110. The summed E-state index contributed by atoms with van der Waals surface area (Å²) >= 11 is 0. The number of hydrogen-bond donors (Lipinski definition) is 1. The quantitative estimate of drug-likeness (QED) is 0.429. The monoisotopic (exact) mass is 171 g/mol. The second-order valence-electron chi connectivity index (χ2n) is 2.82. The molecule has 62 valence electrons. The summed E-state index contributed by atoms with van der Waals surface area (Å²) in [7, 11) is 0. The summed E-state index contributed by atoms with van der Waals surface area (Å²) in [5.74, 6) is -2.41. The zero-order valence-corrected chi connectivity index (χ0v) is 6.50. The lowest BCUT2D eigenvalue weighted by Crippen LogP contribution is -3.00. The standard InChI is InChI=1S/C6H11F2N.ClH/c7-6(8)3-1-2-5(9)4-6;/h5H,1-4,9H2;1H. The van der Waals surface area contributed by atoms with Crippen molar-refractivity contribution in [3.05, 3.63) is 0 Å². The van der Waals surface area contributed by atoms with E-state index in [0.717, 1.165) is 6.42 Å². The van der Waals surface area contributed by atoms with E-state index in [0.29, 0.717) is 6.42 Å². The molecule has 0 aromatic heterocycles. The van der Waals surface area contributed by atoms with Gasteiger partial charge >= 0.3 is 0 Å². The molecule has 3 N–H and O–H groups in total. The van der Waals surface area contributed by atoms with Crippen LogP contribution in [0.4, 0.5) is 8.78 Å². The van der Waals surface area contributed by atoms with Crippen molar-refractivity contribution in [2.75, 3.05) is 0 Å². The predicted octanol–water partition coefficient (Wildman–Crippen LogP) is -2.19. The van der Waals surface area contributed by atoms with Gasteiger partial charge in [-0.05, 0) is 12.8 Å². The molecule has 1 rings (SSSR count). The molecule has 0 spiro atoms. The maximum Gasteiger partial charge on any atom is 0.253 e. The molecule has 1 saturated carbocycles. The lowest BCUT2D eigenvalue weighted by atomic mass is 9.93. The van der Waals surface area contributed by atoms with Crippen LogP contribution in [0.2, 0.25) is 0 Å². The normalized spacial score (nSPS) is 30.9. The molecule has 0 saturated heterocycles. The Balaban J connectivity index is 0.000000810. The molecule has 10 heavy (non-hydrogen) atoms. The van der Waals surface area contributed by atoms with Crippen molar-refractivity contribution in [3.63, 3.8) is 0 Å². The van der Waals surface area contributed by atoms with Crippen molar-refractivity contribution in [2.45, 2.75) is 37.6 Å². The first-order valence-electron chi connectivity index (χ1n) is 3.31. The molecule has 1 atom stereocenters. The van der Waals surface area contributed by atoms with Crippen LogP contribution in [-0.4, -0.2) is 12.0 Å². The van der Waals surface area contributed by atoms with Crippen molar-refractivity contribution in [2.24, 2.45) is 0 Å². The third-order valence-electron chi connectivity index (χ3n) is 1.74. The molecule has 4 heteroatoms. The third-order valence-corrected chi connectivity index (χ3v) is 1.74. The van der Waals surface area contributed by atoms with Gasteiger partial charge in [-0.1, -0.05) is 0 Å². The molecular weight excluding hydrogens is 160 g/mol. The van der Waals surface area contributed by atoms with Crippen LogP contribution in [0.3, 0.4) is 0 Å². The van der Waals surface area contributed by atoms with Gasteiger partial charge in [0.05, 0.1) is 12.5 Å². The maximum absolute atomic E-state index is 12.4. The number of hydrogen-bond acceptors (Lipinski definition) is 0. The van der Waals surface area contributed by atoms with Gasteiger partial charge in [-0.25, -0.2) is 8.78 Å². The van der Waals surface area contributed by atoms with E-state index in [2.05, 4.69) is 5.73 Å². The smallest absolute Gasteiger partial charge is 0.253 e. The van der Waals surface area contributed by atoms with Crippen LogP contribution in [0.15, 0.2) is 0 Å². The van der Waals surface area contributed by atoms with Crippen LogP contribution in [0.25, 0.3) is 0 Å². The highest BCUT2D eigenvalue weighted by Crippen LogP contribution is 2.31. The van der Waals surface area contributed by atoms with Crippen LogP contribution in [0.1, 0.15) is 25.7 Å². The first kappa shape index (κ1) is 10.1. The number of alkyl halides is 2. The highest BCUT2D eigenvalue weighted by atomic mass is 35.5. The minimum absolute atomic E-state index is 0. The number of rotatable bonds is 0. The summed E-state index contributed by atoms with van der Waals surface area (Å²) in [4.78, 5) is 0. The van der Waals surface area contributed by atoms with Crippen molar-refractivity contribution in [1.82, 2.24) is 0 Å². The first-order valence-corrected chi connectivity index (χ1v) is 3.31. The Morgan fingerprint density at radius 2 is 2.00 bits per heavy atom. The van der Waals surface area contributed by atoms with Gasteiger partial charge in [0.25, 0.3) is 5.92 Å². The van der Waals surface area contributed by atoms with Gasteiger partial charge in [0.2, 0.25) is 0 Å². The van der Waals surface area contributed by atoms with E-state index in [9.17, 15) is 8.78 Å². The average molecular weight is 172 g/mol. The van der Waals surface area contributed by atoms with Crippen molar-refractivity contribution < 1.29 is 26.9 Å². The molecule has 1 aliphatic rings. The summed E-state index contributed by atoms with van der Waals surface area (Å²) in [6, 6.07) is -0.0197. The van der Waals surface area contributed by atoms with Crippen LogP contribution in [0, 0.1) is 0 Å². The number of quaternary nitrogens is 1. The summed E-state index contributed by atoms with van der Waals surface area (Å²) in [5.41, 5.74) is 3.61. The molecule has 1 aliphatic carbocycles. The molecule has 0 amide bonds. The largest absolute Gasteiger partial charge is 1.00 e. The lowest BCUT2D eigenvalue weighted by Gasteiger charge is -2.23. The van der Waals surface area contributed by atoms with E-state index >= 15 is 0 Å². The minimum Gasteiger partial charge on any atom is -1.00 e. The summed E-state index contributed by atoms with van der Waals surface area (Å²) in [5, 5.41) is 0. The van der Waals surface area contributed by atoms with E-state index in [4.69, 9.17) is 0 Å². The SMILES string of the molecule is [Cl-].[NH3+]C1CCCC(F)(F)C1. The molecule has 0 bridgehead atoms. The fourth-order valence-electron chi connectivity index (χ4n) is 1.28. The fourth-order valence-corrected chi connectivity index (χ4v) is 1.28. The molecule has 0 aromatic rings. The Morgan fingerprint density at radius 3 is 2.30 bits per heavy atom. The third kappa shape index (κ3) is 2.80. The second-order valence-corrected chi connectivity index (χ2v) is 2.82. The van der Waals surface area contributed by atoms with Gasteiger partial charge in [0.15, 0.2) is 0 Å². The summed E-state index contributed by atoms with van der Waals surface area (Å²) in [6.45, 7) is 0. The van der Waals surface area contributed by atoms with Crippen LogP contribution < -0.4 is 18.1 Å².